The Morgan fingerprint density at radius 3 is 1.85 bits per heavy atom. The summed E-state index contributed by atoms with van der Waals surface area (Å²) >= 11 is 0. The van der Waals surface area contributed by atoms with Crippen LogP contribution in [-0.4, -0.2) is 28.6 Å². The summed E-state index contributed by atoms with van der Waals surface area (Å²) in [5, 5.41) is 3.39. The third kappa shape index (κ3) is 5.13. The van der Waals surface area contributed by atoms with Crippen LogP contribution in [0.1, 0.15) is 26.3 Å². The Morgan fingerprint density at radius 2 is 1.45 bits per heavy atom. The van der Waals surface area contributed by atoms with Gasteiger partial charge in [-0.3, -0.25) is 0 Å². The minimum Gasteiger partial charge on any atom is -0.374 e. The summed E-state index contributed by atoms with van der Waals surface area (Å²) in [7, 11) is -2.56. The molecule has 0 aromatic heterocycles. The number of hydrogen-bond acceptors (Lipinski definition) is 5. The monoisotopic (exact) mass is 296 g/mol. The molecule has 1 N–H and O–H groups in total. The first-order chi connectivity index (χ1) is 9.69. The lowest BCUT2D eigenvalue weighted by molar-refractivity contribution is 0.0714. The van der Waals surface area contributed by atoms with Crippen molar-refractivity contribution in [2.24, 2.45) is 5.11 Å². The van der Waals surface area contributed by atoms with Crippen molar-refractivity contribution in [1.82, 2.24) is 0 Å². The molecule has 1 aromatic rings. The van der Waals surface area contributed by atoms with Gasteiger partial charge >= 0.3 is 8.80 Å². The van der Waals surface area contributed by atoms with E-state index in [0.717, 1.165) is 12.5 Å². The van der Waals surface area contributed by atoms with Crippen LogP contribution in [0.15, 0.2) is 29.4 Å². The quantitative estimate of drug-likeness (QED) is 0.525. The fraction of sp³-hybridized carbons (Fsp3) is 0.571. The van der Waals surface area contributed by atoms with Gasteiger partial charge in [-0.15, -0.1) is 0 Å². The van der Waals surface area contributed by atoms with Crippen LogP contribution in [0.5, 0.6) is 0 Å². The van der Waals surface area contributed by atoms with Crippen LogP contribution >= 0.6 is 0 Å². The third-order valence-corrected chi connectivity index (χ3v) is 5.93. The molecule has 0 spiro atoms. The molecule has 0 heterocycles. The summed E-state index contributed by atoms with van der Waals surface area (Å²) in [4.78, 5) is 0. The molecule has 0 aliphatic heterocycles. The molecule has 112 valence electrons. The number of hydrogen-bond donors (Lipinski definition) is 1. The van der Waals surface area contributed by atoms with Crippen LogP contribution in [0.2, 0.25) is 6.04 Å². The Balaban J connectivity index is 2.69. The maximum Gasteiger partial charge on any atom is 0.501 e. The first kappa shape index (κ1) is 17.0. The van der Waals surface area contributed by atoms with Crippen molar-refractivity contribution in [1.29, 1.82) is 5.53 Å². The molecular weight excluding hydrogens is 272 g/mol. The number of benzene rings is 1. The van der Waals surface area contributed by atoms with Gasteiger partial charge in [-0.05, 0) is 44.9 Å². The minimum atomic E-state index is -2.56. The summed E-state index contributed by atoms with van der Waals surface area (Å²) in [6.07, 6.45) is 0.838. The summed E-state index contributed by atoms with van der Waals surface area (Å²) in [6, 6.07) is 8.41. The predicted molar refractivity (Wildman–Crippen MR) is 80.4 cm³/mol. The van der Waals surface area contributed by atoms with Crippen molar-refractivity contribution < 1.29 is 13.3 Å². The van der Waals surface area contributed by atoms with Gasteiger partial charge in [-0.2, -0.15) is 5.11 Å². The van der Waals surface area contributed by atoms with Crippen molar-refractivity contribution in [3.05, 3.63) is 29.8 Å². The van der Waals surface area contributed by atoms with E-state index in [1.165, 1.54) is 5.56 Å². The lowest BCUT2D eigenvalue weighted by Crippen LogP contribution is -2.46. The zero-order chi connectivity index (χ0) is 14.8. The molecule has 0 radical (unpaired) electrons. The van der Waals surface area contributed by atoms with Crippen LogP contribution in [0, 0.1) is 5.53 Å². The normalized spacial score (nSPS) is 11.6. The molecule has 0 amide bonds. The van der Waals surface area contributed by atoms with Crippen LogP contribution < -0.4 is 0 Å². The van der Waals surface area contributed by atoms with Gasteiger partial charge in [0.2, 0.25) is 0 Å². The summed E-state index contributed by atoms with van der Waals surface area (Å²) in [5.74, 6) is 0. The molecule has 5 nitrogen and oxygen atoms in total. The van der Waals surface area contributed by atoms with Gasteiger partial charge in [0.25, 0.3) is 0 Å². The SMILES string of the molecule is CCO[Si](CCc1ccc(N=N)cc1)(OCC)OCC. The van der Waals surface area contributed by atoms with Gasteiger partial charge in [0, 0.05) is 25.9 Å². The van der Waals surface area contributed by atoms with E-state index in [-0.39, 0.29) is 0 Å². The highest BCUT2D eigenvalue weighted by molar-refractivity contribution is 6.60. The first-order valence-electron chi connectivity index (χ1n) is 7.08. The second-order valence-electron chi connectivity index (χ2n) is 4.26. The van der Waals surface area contributed by atoms with Crippen molar-refractivity contribution in [3.63, 3.8) is 0 Å². The van der Waals surface area contributed by atoms with E-state index < -0.39 is 8.80 Å². The Labute approximate surface area is 122 Å². The summed E-state index contributed by atoms with van der Waals surface area (Å²) in [6.45, 7) is 7.69. The van der Waals surface area contributed by atoms with E-state index in [9.17, 15) is 0 Å². The molecule has 1 rings (SSSR count). The molecule has 0 saturated carbocycles. The van der Waals surface area contributed by atoms with Gasteiger partial charge in [0.1, 0.15) is 0 Å². The number of nitrogens with one attached hydrogen (secondary N) is 1. The highest BCUT2D eigenvalue weighted by atomic mass is 28.4. The third-order valence-electron chi connectivity index (χ3n) is 2.88. The van der Waals surface area contributed by atoms with Crippen molar-refractivity contribution in [2.45, 2.75) is 33.2 Å². The topological polar surface area (TPSA) is 63.9 Å². The van der Waals surface area contributed by atoms with Crippen molar-refractivity contribution >= 4 is 14.5 Å². The predicted octanol–water partition coefficient (Wildman–Crippen LogP) is 3.94. The first-order valence-corrected chi connectivity index (χ1v) is 9.01. The zero-order valence-electron chi connectivity index (χ0n) is 12.5. The number of nitrogens with zero attached hydrogens (tertiary/aromatic N) is 1. The van der Waals surface area contributed by atoms with Crippen molar-refractivity contribution in [2.75, 3.05) is 19.8 Å². The van der Waals surface area contributed by atoms with Crippen LogP contribution in [0.4, 0.5) is 5.69 Å². The van der Waals surface area contributed by atoms with Gasteiger partial charge in [-0.25, -0.2) is 5.53 Å². The largest absolute Gasteiger partial charge is 0.501 e. The molecule has 0 fully saturated rings. The Kier molecular flexibility index (Phi) is 7.61. The van der Waals surface area contributed by atoms with E-state index in [1.54, 1.807) is 0 Å². The molecule has 0 atom stereocenters. The molecule has 20 heavy (non-hydrogen) atoms. The fourth-order valence-electron chi connectivity index (χ4n) is 2.04. The Morgan fingerprint density at radius 1 is 0.950 bits per heavy atom. The van der Waals surface area contributed by atoms with Gasteiger partial charge in [0.15, 0.2) is 0 Å². The lowest BCUT2D eigenvalue weighted by atomic mass is 10.1. The Hall–Kier alpha value is -1.08. The molecule has 0 unspecified atom stereocenters. The lowest BCUT2D eigenvalue weighted by Gasteiger charge is -2.28. The average Bonchev–Trinajstić information content (AvgIpc) is 2.46. The van der Waals surface area contributed by atoms with Gasteiger partial charge < -0.3 is 13.3 Å². The summed E-state index contributed by atoms with van der Waals surface area (Å²) < 4.78 is 17.5. The molecule has 0 aliphatic rings. The standard InChI is InChI=1S/C14H24N2O3Si/c1-4-17-20(18-5-2,19-6-3)12-11-13-7-9-14(16-15)10-8-13/h7-10,15H,4-6,11-12H2,1-3H3. The maximum atomic E-state index is 6.95. The Bertz CT molecular complexity index is 381. The molecular formula is C14H24N2O3Si. The second-order valence-corrected chi connectivity index (χ2v) is 6.99. The van der Waals surface area contributed by atoms with Gasteiger partial charge in [-0.1, -0.05) is 12.1 Å². The highest BCUT2D eigenvalue weighted by Crippen LogP contribution is 2.20. The van der Waals surface area contributed by atoms with E-state index in [2.05, 4.69) is 5.11 Å². The van der Waals surface area contributed by atoms with E-state index in [1.807, 2.05) is 45.0 Å². The molecule has 0 aliphatic carbocycles. The van der Waals surface area contributed by atoms with Gasteiger partial charge in [0.05, 0.1) is 5.69 Å². The van der Waals surface area contributed by atoms with E-state index >= 15 is 0 Å². The smallest absolute Gasteiger partial charge is 0.374 e. The molecule has 1 aromatic carbocycles. The van der Waals surface area contributed by atoms with Crippen molar-refractivity contribution in [3.8, 4) is 0 Å². The highest BCUT2D eigenvalue weighted by Gasteiger charge is 2.39. The fourth-order valence-corrected chi connectivity index (χ4v) is 4.63. The molecule has 0 saturated heterocycles. The number of aryl methyl sites for hydroxylation is 1. The average molecular weight is 296 g/mol. The second kappa shape index (κ2) is 8.96. The van der Waals surface area contributed by atoms with Crippen LogP contribution in [-0.2, 0) is 19.7 Å². The maximum absolute atomic E-state index is 6.95. The van der Waals surface area contributed by atoms with Crippen LogP contribution in [0.3, 0.4) is 0 Å². The molecule has 6 heteroatoms. The molecule has 0 bridgehead atoms. The zero-order valence-corrected chi connectivity index (χ0v) is 13.5. The van der Waals surface area contributed by atoms with E-state index in [0.29, 0.717) is 25.5 Å². The van der Waals surface area contributed by atoms with Crippen LogP contribution in [0.25, 0.3) is 0 Å². The minimum absolute atomic E-state index is 0.600. The number of rotatable bonds is 10. The van der Waals surface area contributed by atoms with E-state index in [4.69, 9.17) is 18.8 Å². The summed E-state index contributed by atoms with van der Waals surface area (Å²) in [5.41, 5.74) is 8.79.